The van der Waals surface area contributed by atoms with Crippen LogP contribution < -0.4 is 16.2 Å². The molecule has 4 N–H and O–H groups in total. The van der Waals surface area contributed by atoms with Gasteiger partial charge in [-0.05, 0) is 6.07 Å². The molecule has 1 aromatic carbocycles. The summed E-state index contributed by atoms with van der Waals surface area (Å²) in [6.07, 6.45) is 0. The van der Waals surface area contributed by atoms with E-state index in [1.54, 1.807) is 6.07 Å². The molecule has 12 heavy (non-hydrogen) atoms. The van der Waals surface area contributed by atoms with Crippen LogP contribution >= 0.6 is 0 Å². The maximum atomic E-state index is 13.2. The van der Waals surface area contributed by atoms with E-state index in [1.165, 1.54) is 6.07 Å². The maximum Gasteiger partial charge on any atom is 0.188 e. The zero-order valence-corrected chi connectivity index (χ0v) is 6.38. The number of halogens is 1. The van der Waals surface area contributed by atoms with Crippen LogP contribution in [0.3, 0.4) is 0 Å². The summed E-state index contributed by atoms with van der Waals surface area (Å²) in [7, 11) is 0. The second kappa shape index (κ2) is 2.35. The van der Waals surface area contributed by atoms with Crippen molar-refractivity contribution < 1.29 is 9.13 Å². The van der Waals surface area contributed by atoms with Crippen molar-refractivity contribution in [2.24, 2.45) is 5.73 Å². The molecule has 2 rings (SSSR count). The van der Waals surface area contributed by atoms with Gasteiger partial charge in [0.15, 0.2) is 11.6 Å². The topological polar surface area (TPSA) is 61.3 Å². The fourth-order valence-corrected chi connectivity index (χ4v) is 1.29. The van der Waals surface area contributed by atoms with Crippen LogP contribution in [0.5, 0.6) is 5.75 Å². The Bertz CT molecular complexity index is 327. The zero-order valence-electron chi connectivity index (χ0n) is 6.38. The van der Waals surface area contributed by atoms with Gasteiger partial charge in [0.25, 0.3) is 0 Å². The lowest BCUT2D eigenvalue weighted by Gasteiger charge is -2.02. The van der Waals surface area contributed by atoms with E-state index in [-0.39, 0.29) is 17.5 Å². The Hall–Kier alpha value is -1.29. The van der Waals surface area contributed by atoms with Gasteiger partial charge in [-0.2, -0.15) is 0 Å². The largest absolute Gasteiger partial charge is 0.488 e. The standard InChI is InChI=1S/C8H9FN2O/c9-7-5(10)2-1-4-6(11)3-12-8(4)7/h1-2,6H,3,10-11H2. The molecule has 0 fully saturated rings. The number of ether oxygens (including phenoxy) is 1. The van der Waals surface area contributed by atoms with E-state index in [1.807, 2.05) is 0 Å². The molecular weight excluding hydrogens is 159 g/mol. The van der Waals surface area contributed by atoms with E-state index < -0.39 is 5.82 Å². The minimum absolute atomic E-state index is 0.0999. The predicted molar refractivity (Wildman–Crippen MR) is 43.2 cm³/mol. The highest BCUT2D eigenvalue weighted by molar-refractivity contribution is 5.52. The van der Waals surface area contributed by atoms with Crippen LogP contribution in [0.2, 0.25) is 0 Å². The Morgan fingerprint density at radius 1 is 1.50 bits per heavy atom. The summed E-state index contributed by atoms with van der Waals surface area (Å²) in [6.45, 7) is 0.329. The van der Waals surface area contributed by atoms with Crippen LogP contribution in [0.1, 0.15) is 11.6 Å². The van der Waals surface area contributed by atoms with E-state index in [0.717, 1.165) is 0 Å². The molecule has 0 saturated heterocycles. The first-order chi connectivity index (χ1) is 5.70. The number of fused-ring (bicyclic) bond motifs is 1. The Labute approximate surface area is 69.1 Å². The number of benzene rings is 1. The van der Waals surface area contributed by atoms with Crippen LogP contribution in [-0.4, -0.2) is 6.61 Å². The molecule has 1 unspecified atom stereocenters. The average Bonchev–Trinajstić information content (AvgIpc) is 2.41. The van der Waals surface area contributed by atoms with Gasteiger partial charge in [0, 0.05) is 5.56 Å². The Balaban J connectivity index is 2.60. The van der Waals surface area contributed by atoms with Crippen molar-refractivity contribution in [2.75, 3.05) is 12.3 Å². The number of hydrogen-bond donors (Lipinski definition) is 2. The summed E-state index contributed by atoms with van der Waals surface area (Å²) in [5.41, 5.74) is 11.8. The molecule has 0 aromatic heterocycles. The highest BCUT2D eigenvalue weighted by Crippen LogP contribution is 2.35. The van der Waals surface area contributed by atoms with E-state index in [0.29, 0.717) is 12.2 Å². The van der Waals surface area contributed by atoms with Crippen LogP contribution in [0, 0.1) is 5.82 Å². The number of hydrogen-bond acceptors (Lipinski definition) is 3. The van der Waals surface area contributed by atoms with Crippen LogP contribution in [0.15, 0.2) is 12.1 Å². The number of nitrogen functional groups attached to an aromatic ring is 1. The molecule has 1 aliphatic heterocycles. The van der Waals surface area contributed by atoms with Gasteiger partial charge in [0.2, 0.25) is 0 Å². The van der Waals surface area contributed by atoms with Gasteiger partial charge in [-0.25, -0.2) is 4.39 Å². The Morgan fingerprint density at radius 3 is 3.00 bits per heavy atom. The molecule has 1 aliphatic rings. The summed E-state index contributed by atoms with van der Waals surface area (Å²) in [5.74, 6) is -0.289. The van der Waals surface area contributed by atoms with Crippen LogP contribution in [0.25, 0.3) is 0 Å². The van der Waals surface area contributed by atoms with Crippen LogP contribution in [-0.2, 0) is 0 Å². The van der Waals surface area contributed by atoms with Crippen LogP contribution in [0.4, 0.5) is 10.1 Å². The molecule has 64 valence electrons. The van der Waals surface area contributed by atoms with Gasteiger partial charge in [-0.1, -0.05) is 6.07 Å². The Kier molecular flexibility index (Phi) is 1.44. The summed E-state index contributed by atoms with van der Waals surface area (Å²) in [6, 6.07) is 2.98. The molecule has 0 radical (unpaired) electrons. The summed E-state index contributed by atoms with van der Waals surface area (Å²) in [4.78, 5) is 0. The molecular formula is C8H9FN2O. The zero-order chi connectivity index (χ0) is 8.72. The van der Waals surface area contributed by atoms with Crippen molar-refractivity contribution in [3.63, 3.8) is 0 Å². The van der Waals surface area contributed by atoms with Crippen molar-refractivity contribution >= 4 is 5.69 Å². The molecule has 0 saturated carbocycles. The molecule has 1 heterocycles. The first kappa shape index (κ1) is 7.36. The van der Waals surface area contributed by atoms with Gasteiger partial charge in [-0.15, -0.1) is 0 Å². The number of anilines is 1. The molecule has 3 nitrogen and oxygen atoms in total. The highest BCUT2D eigenvalue weighted by atomic mass is 19.1. The summed E-state index contributed by atoms with van der Waals surface area (Å²) >= 11 is 0. The smallest absolute Gasteiger partial charge is 0.188 e. The predicted octanol–water partition coefficient (Wildman–Crippen LogP) is 0.800. The van der Waals surface area contributed by atoms with E-state index in [9.17, 15) is 4.39 Å². The third kappa shape index (κ3) is 0.848. The molecule has 4 heteroatoms. The van der Waals surface area contributed by atoms with E-state index >= 15 is 0 Å². The van der Waals surface area contributed by atoms with Gasteiger partial charge in [0.05, 0.1) is 11.7 Å². The summed E-state index contributed by atoms with van der Waals surface area (Å²) < 4.78 is 18.2. The minimum Gasteiger partial charge on any atom is -0.488 e. The fourth-order valence-electron chi connectivity index (χ4n) is 1.29. The quantitative estimate of drug-likeness (QED) is 0.563. The normalized spacial score (nSPS) is 20.3. The number of nitrogens with two attached hydrogens (primary N) is 2. The molecule has 1 aromatic rings. The third-order valence-electron chi connectivity index (χ3n) is 1.96. The van der Waals surface area contributed by atoms with Crippen molar-refractivity contribution in [2.45, 2.75) is 6.04 Å². The lowest BCUT2D eigenvalue weighted by molar-refractivity contribution is 0.320. The van der Waals surface area contributed by atoms with Gasteiger partial charge in [-0.3, -0.25) is 0 Å². The third-order valence-corrected chi connectivity index (χ3v) is 1.96. The lowest BCUT2D eigenvalue weighted by Crippen LogP contribution is -2.10. The van der Waals surface area contributed by atoms with Gasteiger partial charge in [0.1, 0.15) is 6.61 Å². The molecule has 0 bridgehead atoms. The average molecular weight is 168 g/mol. The summed E-state index contributed by atoms with van der Waals surface area (Å²) in [5, 5.41) is 0. The highest BCUT2D eigenvalue weighted by Gasteiger charge is 2.24. The molecule has 0 spiro atoms. The molecule has 0 amide bonds. The van der Waals surface area contributed by atoms with Gasteiger partial charge < -0.3 is 16.2 Å². The molecule has 0 aliphatic carbocycles. The second-order valence-corrected chi connectivity index (χ2v) is 2.80. The minimum atomic E-state index is -0.500. The molecule has 1 atom stereocenters. The SMILES string of the molecule is Nc1ccc2c(c1F)OCC2N. The first-order valence-corrected chi connectivity index (χ1v) is 3.66. The first-order valence-electron chi connectivity index (χ1n) is 3.66. The lowest BCUT2D eigenvalue weighted by atomic mass is 10.1. The van der Waals surface area contributed by atoms with Crippen molar-refractivity contribution in [3.05, 3.63) is 23.5 Å². The second-order valence-electron chi connectivity index (χ2n) is 2.80. The maximum absolute atomic E-state index is 13.2. The Morgan fingerprint density at radius 2 is 2.25 bits per heavy atom. The van der Waals surface area contributed by atoms with E-state index in [4.69, 9.17) is 16.2 Å². The van der Waals surface area contributed by atoms with Crippen molar-refractivity contribution in [1.82, 2.24) is 0 Å². The van der Waals surface area contributed by atoms with Gasteiger partial charge >= 0.3 is 0 Å². The number of rotatable bonds is 0. The monoisotopic (exact) mass is 168 g/mol. The fraction of sp³-hybridized carbons (Fsp3) is 0.250. The van der Waals surface area contributed by atoms with E-state index in [2.05, 4.69) is 0 Å². The van der Waals surface area contributed by atoms with Crippen molar-refractivity contribution in [3.8, 4) is 5.75 Å². The van der Waals surface area contributed by atoms with Crippen molar-refractivity contribution in [1.29, 1.82) is 0 Å².